The fourth-order valence-electron chi connectivity index (χ4n) is 2.96. The molecule has 0 unspecified atom stereocenters. The Morgan fingerprint density at radius 3 is 2.24 bits per heavy atom. The van der Waals surface area contributed by atoms with Crippen LogP contribution in [0.3, 0.4) is 0 Å². The SMILES string of the molecule is N#Cc1ccc(C2CCC(CC=CC(F)(F)F)CC2)cc1. The highest BCUT2D eigenvalue weighted by Crippen LogP contribution is 2.37. The van der Waals surface area contributed by atoms with Crippen molar-refractivity contribution in [1.29, 1.82) is 5.26 Å². The molecule has 0 saturated heterocycles. The summed E-state index contributed by atoms with van der Waals surface area (Å²) in [4.78, 5) is 0. The smallest absolute Gasteiger partial charge is 0.192 e. The second-order valence-electron chi connectivity index (χ2n) is 5.63. The Morgan fingerprint density at radius 1 is 1.10 bits per heavy atom. The molecule has 0 bridgehead atoms. The summed E-state index contributed by atoms with van der Waals surface area (Å²) >= 11 is 0. The molecule has 112 valence electrons. The highest BCUT2D eigenvalue weighted by atomic mass is 19.4. The number of hydrogen-bond donors (Lipinski definition) is 0. The van der Waals surface area contributed by atoms with Crippen LogP contribution in [0.4, 0.5) is 13.2 Å². The Balaban J connectivity index is 1.83. The van der Waals surface area contributed by atoms with Crippen LogP contribution < -0.4 is 0 Å². The second kappa shape index (κ2) is 6.80. The van der Waals surface area contributed by atoms with Gasteiger partial charge in [0.05, 0.1) is 11.6 Å². The van der Waals surface area contributed by atoms with Crippen molar-refractivity contribution >= 4 is 0 Å². The largest absolute Gasteiger partial charge is 0.409 e. The summed E-state index contributed by atoms with van der Waals surface area (Å²) in [6.07, 6.45) is 1.87. The second-order valence-corrected chi connectivity index (χ2v) is 5.63. The Hall–Kier alpha value is -1.76. The summed E-state index contributed by atoms with van der Waals surface area (Å²) < 4.78 is 36.1. The maximum absolute atomic E-state index is 12.0. The van der Waals surface area contributed by atoms with Crippen LogP contribution in [0.15, 0.2) is 36.4 Å². The molecule has 0 aromatic heterocycles. The Morgan fingerprint density at radius 2 is 1.71 bits per heavy atom. The van der Waals surface area contributed by atoms with E-state index < -0.39 is 6.18 Å². The predicted molar refractivity (Wildman–Crippen MR) is 75.7 cm³/mol. The number of nitriles is 1. The number of nitrogens with zero attached hydrogens (tertiary/aromatic N) is 1. The molecular weight excluding hydrogens is 275 g/mol. The summed E-state index contributed by atoms with van der Waals surface area (Å²) in [5.74, 6) is 0.832. The van der Waals surface area contributed by atoms with Gasteiger partial charge in [-0.05, 0) is 61.6 Å². The van der Waals surface area contributed by atoms with Gasteiger partial charge in [0.1, 0.15) is 0 Å². The topological polar surface area (TPSA) is 23.8 Å². The molecule has 0 atom stereocenters. The fourth-order valence-corrected chi connectivity index (χ4v) is 2.96. The van der Waals surface area contributed by atoms with Gasteiger partial charge in [0.15, 0.2) is 0 Å². The lowest BCUT2D eigenvalue weighted by molar-refractivity contribution is -0.0801. The summed E-state index contributed by atoms with van der Waals surface area (Å²) in [7, 11) is 0. The first kappa shape index (κ1) is 15.6. The molecule has 1 saturated carbocycles. The molecule has 0 radical (unpaired) electrons. The maximum atomic E-state index is 12.0. The maximum Gasteiger partial charge on any atom is 0.409 e. The van der Waals surface area contributed by atoms with Crippen molar-refractivity contribution < 1.29 is 13.2 Å². The van der Waals surface area contributed by atoms with Crippen molar-refractivity contribution in [3.63, 3.8) is 0 Å². The van der Waals surface area contributed by atoms with Crippen molar-refractivity contribution in [3.8, 4) is 6.07 Å². The number of halogens is 3. The van der Waals surface area contributed by atoms with E-state index in [0.29, 0.717) is 29.9 Å². The molecule has 1 aromatic carbocycles. The molecule has 1 fully saturated rings. The van der Waals surface area contributed by atoms with E-state index in [9.17, 15) is 13.2 Å². The van der Waals surface area contributed by atoms with Crippen molar-refractivity contribution in [2.24, 2.45) is 5.92 Å². The molecule has 1 aliphatic rings. The number of hydrogen-bond acceptors (Lipinski definition) is 1. The highest BCUT2D eigenvalue weighted by molar-refractivity contribution is 5.33. The molecule has 2 rings (SSSR count). The summed E-state index contributed by atoms with van der Waals surface area (Å²) in [6.45, 7) is 0. The lowest BCUT2D eigenvalue weighted by Crippen LogP contribution is -2.13. The third-order valence-electron chi connectivity index (χ3n) is 4.13. The minimum atomic E-state index is -4.19. The lowest BCUT2D eigenvalue weighted by atomic mass is 9.77. The zero-order valence-corrected chi connectivity index (χ0v) is 11.7. The molecule has 4 heteroatoms. The van der Waals surface area contributed by atoms with Crippen molar-refractivity contribution in [1.82, 2.24) is 0 Å². The average molecular weight is 293 g/mol. The minimum Gasteiger partial charge on any atom is -0.192 e. The zero-order valence-electron chi connectivity index (χ0n) is 11.7. The molecular formula is C17H18F3N. The van der Waals surface area contributed by atoms with Gasteiger partial charge < -0.3 is 0 Å². The molecule has 1 nitrogen and oxygen atoms in total. The van der Waals surface area contributed by atoms with Crippen LogP contribution >= 0.6 is 0 Å². The standard InChI is InChI=1S/C17H18F3N/c18-17(19,20)11-1-2-13-3-7-15(8-4-13)16-9-5-14(12-21)6-10-16/h1,5-6,9-11,13,15H,2-4,7-8H2. The van der Waals surface area contributed by atoms with Crippen LogP contribution in [-0.4, -0.2) is 6.18 Å². The van der Waals surface area contributed by atoms with E-state index in [-0.39, 0.29) is 0 Å². The van der Waals surface area contributed by atoms with Gasteiger partial charge in [0.25, 0.3) is 0 Å². The Labute approximate surface area is 123 Å². The van der Waals surface area contributed by atoms with E-state index in [4.69, 9.17) is 5.26 Å². The van der Waals surface area contributed by atoms with Crippen LogP contribution in [0.25, 0.3) is 0 Å². The minimum absolute atomic E-state index is 0.347. The number of alkyl halides is 3. The van der Waals surface area contributed by atoms with Crippen LogP contribution in [0, 0.1) is 17.2 Å². The van der Waals surface area contributed by atoms with E-state index in [2.05, 4.69) is 6.07 Å². The Kier molecular flexibility index (Phi) is 5.06. The van der Waals surface area contributed by atoms with E-state index in [1.165, 1.54) is 11.6 Å². The molecule has 1 aromatic rings. The van der Waals surface area contributed by atoms with Crippen LogP contribution in [0.5, 0.6) is 0 Å². The highest BCUT2D eigenvalue weighted by Gasteiger charge is 2.24. The zero-order chi connectivity index (χ0) is 15.3. The van der Waals surface area contributed by atoms with Gasteiger partial charge in [0.2, 0.25) is 0 Å². The average Bonchev–Trinajstić information content (AvgIpc) is 2.47. The van der Waals surface area contributed by atoms with Gasteiger partial charge in [-0.15, -0.1) is 0 Å². The molecule has 21 heavy (non-hydrogen) atoms. The van der Waals surface area contributed by atoms with Crippen LogP contribution in [0.2, 0.25) is 0 Å². The van der Waals surface area contributed by atoms with Gasteiger partial charge in [0, 0.05) is 6.08 Å². The molecule has 0 N–H and O–H groups in total. The van der Waals surface area contributed by atoms with Crippen LogP contribution in [0.1, 0.15) is 49.1 Å². The normalized spacial score (nSPS) is 23.1. The van der Waals surface area contributed by atoms with Gasteiger partial charge in [-0.25, -0.2) is 0 Å². The summed E-state index contributed by atoms with van der Waals surface area (Å²) in [6, 6.07) is 9.74. The first-order chi connectivity index (χ1) is 9.98. The third kappa shape index (κ3) is 4.93. The van der Waals surface area contributed by atoms with E-state index in [1.54, 1.807) is 0 Å². The van der Waals surface area contributed by atoms with Crippen molar-refractivity contribution in [2.75, 3.05) is 0 Å². The Bertz CT molecular complexity index is 514. The monoisotopic (exact) mass is 293 g/mol. The van der Waals surface area contributed by atoms with E-state index in [1.807, 2.05) is 24.3 Å². The number of allylic oxidation sites excluding steroid dienone is 2. The van der Waals surface area contributed by atoms with Gasteiger partial charge >= 0.3 is 6.18 Å². The third-order valence-corrected chi connectivity index (χ3v) is 4.13. The summed E-state index contributed by atoms with van der Waals surface area (Å²) in [5, 5.41) is 8.78. The molecule has 0 aliphatic heterocycles. The molecule has 0 spiro atoms. The van der Waals surface area contributed by atoms with Crippen molar-refractivity contribution in [2.45, 2.75) is 44.2 Å². The van der Waals surface area contributed by atoms with E-state index >= 15 is 0 Å². The quantitative estimate of drug-likeness (QED) is 0.690. The first-order valence-corrected chi connectivity index (χ1v) is 7.22. The molecule has 0 amide bonds. The van der Waals surface area contributed by atoms with Gasteiger partial charge in [-0.3, -0.25) is 0 Å². The molecule has 0 heterocycles. The predicted octanol–water partition coefficient (Wildman–Crippen LogP) is 5.34. The molecule has 1 aliphatic carbocycles. The fraction of sp³-hybridized carbons (Fsp3) is 0.471. The van der Waals surface area contributed by atoms with Gasteiger partial charge in [-0.2, -0.15) is 18.4 Å². The first-order valence-electron chi connectivity index (χ1n) is 7.22. The van der Waals surface area contributed by atoms with Crippen LogP contribution in [-0.2, 0) is 0 Å². The van der Waals surface area contributed by atoms with E-state index in [0.717, 1.165) is 25.7 Å². The number of rotatable bonds is 3. The van der Waals surface area contributed by atoms with Crippen molar-refractivity contribution in [3.05, 3.63) is 47.5 Å². The number of benzene rings is 1. The lowest BCUT2D eigenvalue weighted by Gasteiger charge is -2.28. The van der Waals surface area contributed by atoms with Gasteiger partial charge in [-0.1, -0.05) is 18.2 Å². The summed E-state index contributed by atoms with van der Waals surface area (Å²) in [5.41, 5.74) is 1.89.